The lowest BCUT2D eigenvalue weighted by molar-refractivity contribution is -0.125. The Bertz CT molecular complexity index is 246. The summed E-state index contributed by atoms with van der Waals surface area (Å²) >= 11 is 0. The fourth-order valence-electron chi connectivity index (χ4n) is 1.59. The lowest BCUT2D eigenvalue weighted by Crippen LogP contribution is -2.49. The van der Waals surface area contributed by atoms with Crippen LogP contribution in [0.3, 0.4) is 0 Å². The Labute approximate surface area is 79.1 Å². The minimum Gasteiger partial charge on any atom is -0.353 e. The van der Waals surface area contributed by atoms with E-state index in [1.807, 2.05) is 20.8 Å². The van der Waals surface area contributed by atoms with Crippen LogP contribution in [0.2, 0.25) is 0 Å². The summed E-state index contributed by atoms with van der Waals surface area (Å²) < 4.78 is 0. The maximum atomic E-state index is 11.3. The van der Waals surface area contributed by atoms with Crippen LogP contribution in [0.25, 0.3) is 0 Å². The first-order valence-corrected chi connectivity index (χ1v) is 4.68. The number of amides is 1. The highest BCUT2D eigenvalue weighted by molar-refractivity contribution is 5.78. The predicted molar refractivity (Wildman–Crippen MR) is 49.7 cm³/mol. The third-order valence-electron chi connectivity index (χ3n) is 2.53. The number of nitriles is 1. The molecule has 72 valence electrons. The van der Waals surface area contributed by atoms with Gasteiger partial charge in [-0.2, -0.15) is 5.26 Å². The predicted octanol–water partition coefficient (Wildman–Crippen LogP) is 1.45. The van der Waals surface area contributed by atoms with Crippen molar-refractivity contribution in [1.29, 1.82) is 5.26 Å². The van der Waals surface area contributed by atoms with E-state index in [-0.39, 0.29) is 23.3 Å². The van der Waals surface area contributed by atoms with E-state index in [0.29, 0.717) is 0 Å². The number of nitrogens with zero attached hydrogens (tertiary/aromatic N) is 1. The van der Waals surface area contributed by atoms with E-state index < -0.39 is 0 Å². The maximum Gasteiger partial charge on any atom is 0.222 e. The van der Waals surface area contributed by atoms with Gasteiger partial charge in [0.1, 0.15) is 0 Å². The lowest BCUT2D eigenvalue weighted by atomic mass is 9.68. The Morgan fingerprint density at radius 1 is 1.62 bits per heavy atom. The van der Waals surface area contributed by atoms with Gasteiger partial charge in [-0.15, -0.1) is 0 Å². The van der Waals surface area contributed by atoms with Crippen molar-refractivity contribution in [1.82, 2.24) is 5.32 Å². The minimum absolute atomic E-state index is 0.0361. The molecule has 3 heteroatoms. The average Bonchev–Trinajstić information content (AvgIpc) is 2.01. The number of hydrogen-bond acceptors (Lipinski definition) is 2. The molecule has 0 aliphatic heterocycles. The van der Waals surface area contributed by atoms with E-state index in [0.717, 1.165) is 12.8 Å². The molecule has 3 nitrogen and oxygen atoms in total. The highest BCUT2D eigenvalue weighted by Gasteiger charge is 2.41. The van der Waals surface area contributed by atoms with Crippen LogP contribution < -0.4 is 5.32 Å². The highest BCUT2D eigenvalue weighted by Crippen LogP contribution is 2.39. The fraction of sp³-hybridized carbons (Fsp3) is 0.800. The Hall–Kier alpha value is -1.04. The van der Waals surface area contributed by atoms with Crippen molar-refractivity contribution in [2.24, 2.45) is 11.3 Å². The molecule has 0 radical (unpaired) electrons. The first-order valence-electron chi connectivity index (χ1n) is 4.68. The van der Waals surface area contributed by atoms with Gasteiger partial charge in [0.2, 0.25) is 5.91 Å². The van der Waals surface area contributed by atoms with E-state index in [2.05, 4.69) is 11.4 Å². The zero-order valence-corrected chi connectivity index (χ0v) is 8.42. The van der Waals surface area contributed by atoms with Gasteiger partial charge in [-0.1, -0.05) is 13.8 Å². The van der Waals surface area contributed by atoms with Crippen LogP contribution in [0.4, 0.5) is 0 Å². The molecule has 0 atom stereocenters. The molecule has 0 heterocycles. The molecule has 0 aromatic rings. The van der Waals surface area contributed by atoms with Crippen molar-refractivity contribution in [3.8, 4) is 6.07 Å². The number of nitrogens with one attached hydrogen (secondary N) is 1. The summed E-state index contributed by atoms with van der Waals surface area (Å²) in [4.78, 5) is 11.3. The topological polar surface area (TPSA) is 52.9 Å². The largest absolute Gasteiger partial charge is 0.353 e. The molecule has 1 amide bonds. The smallest absolute Gasteiger partial charge is 0.222 e. The molecular weight excluding hydrogens is 164 g/mol. The van der Waals surface area contributed by atoms with Crippen LogP contribution in [0.5, 0.6) is 0 Å². The molecule has 1 aliphatic rings. The summed E-state index contributed by atoms with van der Waals surface area (Å²) in [7, 11) is 0. The first-order chi connectivity index (χ1) is 5.97. The summed E-state index contributed by atoms with van der Waals surface area (Å²) in [5.74, 6) is 0.124. The van der Waals surface area contributed by atoms with Gasteiger partial charge < -0.3 is 5.32 Å². The molecule has 0 saturated heterocycles. The number of rotatable bonds is 2. The summed E-state index contributed by atoms with van der Waals surface area (Å²) in [6, 6.07) is 2.48. The van der Waals surface area contributed by atoms with Crippen molar-refractivity contribution in [3.05, 3.63) is 0 Å². The van der Waals surface area contributed by atoms with E-state index >= 15 is 0 Å². The SMILES string of the molecule is CC(C)C(=O)NC1CC(C)(C#N)C1. The molecule has 1 saturated carbocycles. The monoisotopic (exact) mass is 180 g/mol. The average molecular weight is 180 g/mol. The van der Waals surface area contributed by atoms with Crippen LogP contribution in [-0.4, -0.2) is 11.9 Å². The van der Waals surface area contributed by atoms with Crippen molar-refractivity contribution in [3.63, 3.8) is 0 Å². The van der Waals surface area contributed by atoms with Crippen molar-refractivity contribution in [2.45, 2.75) is 39.7 Å². The normalized spacial score (nSPS) is 32.1. The van der Waals surface area contributed by atoms with Gasteiger partial charge in [0, 0.05) is 12.0 Å². The van der Waals surface area contributed by atoms with Gasteiger partial charge in [0.25, 0.3) is 0 Å². The van der Waals surface area contributed by atoms with Crippen LogP contribution >= 0.6 is 0 Å². The number of carbonyl (C=O) groups is 1. The van der Waals surface area contributed by atoms with Gasteiger partial charge in [-0.3, -0.25) is 4.79 Å². The van der Waals surface area contributed by atoms with Gasteiger partial charge in [-0.25, -0.2) is 0 Å². The van der Waals surface area contributed by atoms with E-state index in [1.165, 1.54) is 0 Å². The second-order valence-electron chi connectivity index (χ2n) is 4.44. The molecule has 1 rings (SSSR count). The zero-order valence-electron chi connectivity index (χ0n) is 8.42. The Morgan fingerprint density at radius 3 is 2.54 bits per heavy atom. The molecular formula is C10H16N2O. The molecule has 1 aliphatic carbocycles. The maximum absolute atomic E-state index is 11.3. The van der Waals surface area contributed by atoms with Gasteiger partial charge in [-0.05, 0) is 19.8 Å². The molecule has 13 heavy (non-hydrogen) atoms. The number of carbonyl (C=O) groups excluding carboxylic acids is 1. The van der Waals surface area contributed by atoms with Crippen LogP contribution in [-0.2, 0) is 4.79 Å². The third kappa shape index (κ3) is 2.21. The van der Waals surface area contributed by atoms with Gasteiger partial charge in [0.05, 0.1) is 11.5 Å². The Balaban J connectivity index is 2.31. The molecule has 0 unspecified atom stereocenters. The molecule has 0 aromatic carbocycles. The van der Waals surface area contributed by atoms with Crippen LogP contribution in [0.15, 0.2) is 0 Å². The summed E-state index contributed by atoms with van der Waals surface area (Å²) in [6.45, 7) is 5.68. The lowest BCUT2D eigenvalue weighted by Gasteiger charge is -2.40. The second-order valence-corrected chi connectivity index (χ2v) is 4.44. The standard InChI is InChI=1S/C10H16N2O/c1-7(2)9(13)12-8-4-10(3,5-8)6-11/h7-8H,4-5H2,1-3H3,(H,12,13). The minimum atomic E-state index is -0.199. The van der Waals surface area contributed by atoms with E-state index in [9.17, 15) is 4.79 Å². The Kier molecular flexibility index (Phi) is 2.60. The molecule has 0 aromatic heterocycles. The van der Waals surface area contributed by atoms with Crippen molar-refractivity contribution >= 4 is 5.91 Å². The summed E-state index contributed by atoms with van der Waals surface area (Å²) in [5, 5.41) is 11.7. The van der Waals surface area contributed by atoms with Crippen LogP contribution in [0.1, 0.15) is 33.6 Å². The molecule has 1 fully saturated rings. The zero-order chi connectivity index (χ0) is 10.1. The highest BCUT2D eigenvalue weighted by atomic mass is 16.1. The first kappa shape index (κ1) is 10.0. The molecule has 0 bridgehead atoms. The summed E-state index contributed by atoms with van der Waals surface area (Å²) in [6.07, 6.45) is 1.59. The third-order valence-corrected chi connectivity index (χ3v) is 2.53. The van der Waals surface area contributed by atoms with Crippen LogP contribution in [0, 0.1) is 22.7 Å². The Morgan fingerprint density at radius 2 is 2.15 bits per heavy atom. The summed E-state index contributed by atoms with van der Waals surface area (Å²) in [5.41, 5.74) is -0.199. The van der Waals surface area contributed by atoms with E-state index in [4.69, 9.17) is 5.26 Å². The molecule has 0 spiro atoms. The van der Waals surface area contributed by atoms with Gasteiger partial charge >= 0.3 is 0 Å². The van der Waals surface area contributed by atoms with Crippen molar-refractivity contribution < 1.29 is 4.79 Å². The number of hydrogen-bond donors (Lipinski definition) is 1. The fourth-order valence-corrected chi connectivity index (χ4v) is 1.59. The second kappa shape index (κ2) is 3.37. The molecule has 1 N–H and O–H groups in total. The quantitative estimate of drug-likeness (QED) is 0.699. The van der Waals surface area contributed by atoms with Crippen molar-refractivity contribution in [2.75, 3.05) is 0 Å². The van der Waals surface area contributed by atoms with E-state index in [1.54, 1.807) is 0 Å². The van der Waals surface area contributed by atoms with Gasteiger partial charge in [0.15, 0.2) is 0 Å².